The zero-order valence-electron chi connectivity index (χ0n) is 12.0. The van der Waals surface area contributed by atoms with Crippen molar-refractivity contribution < 1.29 is 9.26 Å². The molecule has 5 heteroatoms. The Balaban J connectivity index is 2.02. The van der Waals surface area contributed by atoms with Crippen LogP contribution in [-0.2, 0) is 11.3 Å². The van der Waals surface area contributed by atoms with Crippen LogP contribution in [0.5, 0.6) is 0 Å². The van der Waals surface area contributed by atoms with E-state index in [1.165, 1.54) is 32.1 Å². The van der Waals surface area contributed by atoms with Crippen molar-refractivity contribution in [2.24, 2.45) is 5.92 Å². The maximum Gasteiger partial charge on any atom is 0.240 e. The lowest BCUT2D eigenvalue weighted by molar-refractivity contribution is -0.00145. The summed E-state index contributed by atoms with van der Waals surface area (Å²) in [6.07, 6.45) is 6.34. The second-order valence-electron chi connectivity index (χ2n) is 5.10. The maximum absolute atomic E-state index is 5.88. The number of rotatable bonds is 7. The normalized spacial score (nSPS) is 18.6. The standard InChI is InChI=1S/C14H25N3O2/c1-3-15-10-12-16-14(17-19-12)13(18-4-2)11-8-6-5-7-9-11/h11,13,15H,3-10H2,1-2H3. The number of nitrogens with one attached hydrogen (secondary N) is 1. The molecule has 0 radical (unpaired) electrons. The lowest BCUT2D eigenvalue weighted by Gasteiger charge is -2.27. The number of aromatic nitrogens is 2. The van der Waals surface area contributed by atoms with Crippen molar-refractivity contribution in [3.63, 3.8) is 0 Å². The zero-order valence-corrected chi connectivity index (χ0v) is 12.0. The van der Waals surface area contributed by atoms with E-state index in [0.717, 1.165) is 12.4 Å². The predicted molar refractivity (Wildman–Crippen MR) is 72.6 cm³/mol. The third kappa shape index (κ3) is 4.01. The summed E-state index contributed by atoms with van der Waals surface area (Å²) in [7, 11) is 0. The van der Waals surface area contributed by atoms with Crippen molar-refractivity contribution in [2.45, 2.75) is 58.6 Å². The molecule has 0 amide bonds. The second kappa shape index (κ2) is 7.60. The number of hydrogen-bond donors (Lipinski definition) is 1. The molecule has 0 spiro atoms. The van der Waals surface area contributed by atoms with Crippen molar-refractivity contribution in [3.8, 4) is 0 Å². The molecule has 1 aliphatic carbocycles. The molecule has 0 aliphatic heterocycles. The van der Waals surface area contributed by atoms with Gasteiger partial charge in [-0.3, -0.25) is 0 Å². The summed E-state index contributed by atoms with van der Waals surface area (Å²) >= 11 is 0. The first-order chi connectivity index (χ1) is 9.35. The minimum atomic E-state index is 0.00410. The number of ether oxygens (including phenoxy) is 1. The fourth-order valence-corrected chi connectivity index (χ4v) is 2.73. The molecule has 108 valence electrons. The molecule has 0 bridgehead atoms. The van der Waals surface area contributed by atoms with Gasteiger partial charge in [0, 0.05) is 6.61 Å². The SMILES string of the molecule is CCNCc1nc(C(OCC)C2CCCCC2)no1. The van der Waals surface area contributed by atoms with Gasteiger partial charge in [-0.25, -0.2) is 0 Å². The average molecular weight is 267 g/mol. The van der Waals surface area contributed by atoms with Gasteiger partial charge in [0.25, 0.3) is 0 Å². The molecule has 19 heavy (non-hydrogen) atoms. The van der Waals surface area contributed by atoms with Crippen molar-refractivity contribution in [1.29, 1.82) is 0 Å². The topological polar surface area (TPSA) is 60.2 Å². The van der Waals surface area contributed by atoms with Crippen LogP contribution in [0, 0.1) is 5.92 Å². The molecule has 1 unspecified atom stereocenters. The quantitative estimate of drug-likeness (QED) is 0.823. The third-order valence-electron chi connectivity index (χ3n) is 3.69. The van der Waals surface area contributed by atoms with E-state index >= 15 is 0 Å². The Morgan fingerprint density at radius 2 is 2.11 bits per heavy atom. The molecule has 1 saturated carbocycles. The smallest absolute Gasteiger partial charge is 0.240 e. The van der Waals surface area contributed by atoms with Gasteiger partial charge in [0.2, 0.25) is 11.7 Å². The molecule has 0 saturated heterocycles. The molecule has 0 aromatic carbocycles. The molecule has 5 nitrogen and oxygen atoms in total. The highest BCUT2D eigenvalue weighted by Crippen LogP contribution is 2.35. The highest BCUT2D eigenvalue weighted by atomic mass is 16.5. The highest BCUT2D eigenvalue weighted by molar-refractivity contribution is 4.95. The van der Waals surface area contributed by atoms with Crippen LogP contribution in [0.2, 0.25) is 0 Å². The Hall–Kier alpha value is -0.940. The number of hydrogen-bond acceptors (Lipinski definition) is 5. The fraction of sp³-hybridized carbons (Fsp3) is 0.857. The summed E-state index contributed by atoms with van der Waals surface area (Å²) in [6, 6.07) is 0. The van der Waals surface area contributed by atoms with Gasteiger partial charge in [0.15, 0.2) is 0 Å². The van der Waals surface area contributed by atoms with Crippen LogP contribution in [-0.4, -0.2) is 23.3 Å². The van der Waals surface area contributed by atoms with Crippen LogP contribution < -0.4 is 5.32 Å². The van der Waals surface area contributed by atoms with Crippen molar-refractivity contribution in [1.82, 2.24) is 15.5 Å². The first kappa shape index (κ1) is 14.5. The molecule has 1 heterocycles. The largest absolute Gasteiger partial charge is 0.370 e. The van der Waals surface area contributed by atoms with Crippen LogP contribution in [0.1, 0.15) is 63.8 Å². The summed E-state index contributed by atoms with van der Waals surface area (Å²) in [5.74, 6) is 1.91. The Morgan fingerprint density at radius 1 is 1.32 bits per heavy atom. The van der Waals surface area contributed by atoms with E-state index in [2.05, 4.69) is 22.4 Å². The van der Waals surface area contributed by atoms with Crippen molar-refractivity contribution >= 4 is 0 Å². The first-order valence-corrected chi connectivity index (χ1v) is 7.50. The maximum atomic E-state index is 5.88. The Labute approximate surface area is 115 Å². The van der Waals surface area contributed by atoms with Crippen LogP contribution in [0.25, 0.3) is 0 Å². The molecule has 2 rings (SSSR count). The Morgan fingerprint density at radius 3 is 2.79 bits per heavy atom. The molecule has 1 atom stereocenters. The van der Waals surface area contributed by atoms with Gasteiger partial charge < -0.3 is 14.6 Å². The van der Waals surface area contributed by atoms with E-state index < -0.39 is 0 Å². The minimum Gasteiger partial charge on any atom is -0.370 e. The van der Waals surface area contributed by atoms with Crippen LogP contribution in [0.4, 0.5) is 0 Å². The van der Waals surface area contributed by atoms with Crippen molar-refractivity contribution in [3.05, 3.63) is 11.7 Å². The van der Waals surface area contributed by atoms with Gasteiger partial charge in [-0.2, -0.15) is 4.98 Å². The van der Waals surface area contributed by atoms with Gasteiger partial charge in [-0.1, -0.05) is 31.3 Å². The zero-order chi connectivity index (χ0) is 13.5. The molecule has 1 aromatic heterocycles. The van der Waals surface area contributed by atoms with Crippen LogP contribution in [0.3, 0.4) is 0 Å². The van der Waals surface area contributed by atoms with E-state index in [4.69, 9.17) is 9.26 Å². The van der Waals surface area contributed by atoms with Crippen LogP contribution in [0.15, 0.2) is 4.52 Å². The summed E-state index contributed by atoms with van der Waals surface area (Å²) in [5.41, 5.74) is 0. The summed E-state index contributed by atoms with van der Waals surface area (Å²) in [4.78, 5) is 4.48. The van der Waals surface area contributed by atoms with Gasteiger partial charge >= 0.3 is 0 Å². The van der Waals surface area contributed by atoms with Crippen molar-refractivity contribution in [2.75, 3.05) is 13.2 Å². The highest BCUT2D eigenvalue weighted by Gasteiger charge is 2.29. The first-order valence-electron chi connectivity index (χ1n) is 7.50. The molecular formula is C14H25N3O2. The Bertz CT molecular complexity index is 361. The van der Waals surface area contributed by atoms with Gasteiger partial charge in [0.1, 0.15) is 6.10 Å². The average Bonchev–Trinajstić information content (AvgIpc) is 2.92. The van der Waals surface area contributed by atoms with Gasteiger partial charge in [-0.15, -0.1) is 0 Å². The molecule has 1 aromatic rings. The lowest BCUT2D eigenvalue weighted by Crippen LogP contribution is -2.20. The molecular weight excluding hydrogens is 242 g/mol. The van der Waals surface area contributed by atoms with E-state index in [0.29, 0.717) is 25.0 Å². The second-order valence-corrected chi connectivity index (χ2v) is 5.10. The van der Waals surface area contributed by atoms with E-state index in [1.807, 2.05) is 6.92 Å². The monoisotopic (exact) mass is 267 g/mol. The molecule has 1 aliphatic rings. The Kier molecular flexibility index (Phi) is 5.79. The van der Waals surface area contributed by atoms with Gasteiger partial charge in [-0.05, 0) is 32.2 Å². The summed E-state index contributed by atoms with van der Waals surface area (Å²) < 4.78 is 11.2. The predicted octanol–water partition coefficient (Wildman–Crippen LogP) is 2.84. The third-order valence-corrected chi connectivity index (χ3v) is 3.69. The number of nitrogens with zero attached hydrogens (tertiary/aromatic N) is 2. The van der Waals surface area contributed by atoms with Gasteiger partial charge in [0.05, 0.1) is 6.54 Å². The minimum absolute atomic E-state index is 0.00410. The summed E-state index contributed by atoms with van der Waals surface area (Å²) in [5, 5.41) is 7.30. The molecule has 1 fully saturated rings. The van der Waals surface area contributed by atoms with E-state index in [9.17, 15) is 0 Å². The summed E-state index contributed by atoms with van der Waals surface area (Å²) in [6.45, 7) is 6.30. The van der Waals surface area contributed by atoms with E-state index in [-0.39, 0.29) is 6.10 Å². The fourth-order valence-electron chi connectivity index (χ4n) is 2.73. The lowest BCUT2D eigenvalue weighted by atomic mass is 9.85. The molecule has 1 N–H and O–H groups in total. The van der Waals surface area contributed by atoms with E-state index in [1.54, 1.807) is 0 Å². The van der Waals surface area contributed by atoms with Crippen LogP contribution >= 0.6 is 0 Å².